The molecule has 0 saturated carbocycles. The highest BCUT2D eigenvalue weighted by atomic mass is 19.1. The summed E-state index contributed by atoms with van der Waals surface area (Å²) in [6, 6.07) is 11.1. The Balaban J connectivity index is 1.55. The molecule has 3 heteroatoms. The van der Waals surface area contributed by atoms with Crippen molar-refractivity contribution in [2.45, 2.75) is 25.3 Å². The fourth-order valence-electron chi connectivity index (χ4n) is 2.91. The normalized spacial score (nSPS) is 17.2. The number of piperidine rings is 1. The fourth-order valence-corrected chi connectivity index (χ4v) is 2.91. The highest BCUT2D eigenvalue weighted by Gasteiger charge is 2.20. The molecule has 1 fully saturated rings. The Hall–Kier alpha value is -1.74. The van der Waals surface area contributed by atoms with Gasteiger partial charge in [0, 0.05) is 18.9 Å². The molecule has 0 radical (unpaired) electrons. The number of rotatable bonds is 3. The smallest absolute Gasteiger partial charge is 0.123 e. The number of aromatic nitrogens is 1. The first-order chi connectivity index (χ1) is 9.81. The van der Waals surface area contributed by atoms with Gasteiger partial charge in [0.2, 0.25) is 0 Å². The lowest BCUT2D eigenvalue weighted by atomic mass is 9.89. The number of halogens is 1. The van der Waals surface area contributed by atoms with Gasteiger partial charge in [0.05, 0.1) is 0 Å². The minimum absolute atomic E-state index is 0.149. The van der Waals surface area contributed by atoms with Crippen LogP contribution < -0.4 is 0 Å². The first-order valence-corrected chi connectivity index (χ1v) is 7.18. The molecule has 1 aliphatic rings. The zero-order valence-corrected chi connectivity index (χ0v) is 11.5. The van der Waals surface area contributed by atoms with Crippen molar-refractivity contribution in [3.05, 3.63) is 65.7 Å². The van der Waals surface area contributed by atoms with Crippen LogP contribution in [0.25, 0.3) is 0 Å². The van der Waals surface area contributed by atoms with E-state index >= 15 is 0 Å². The first-order valence-electron chi connectivity index (χ1n) is 7.18. The van der Waals surface area contributed by atoms with Crippen molar-refractivity contribution in [3.8, 4) is 0 Å². The topological polar surface area (TPSA) is 16.1 Å². The molecule has 0 spiro atoms. The number of benzene rings is 1. The van der Waals surface area contributed by atoms with Gasteiger partial charge < -0.3 is 0 Å². The predicted molar refractivity (Wildman–Crippen MR) is 77.9 cm³/mol. The van der Waals surface area contributed by atoms with Gasteiger partial charge in [0.1, 0.15) is 5.82 Å². The molecule has 2 aromatic rings. The molecule has 104 valence electrons. The van der Waals surface area contributed by atoms with Crippen LogP contribution in [-0.4, -0.2) is 23.0 Å². The molecule has 1 aromatic carbocycles. The highest BCUT2D eigenvalue weighted by molar-refractivity contribution is 5.21. The van der Waals surface area contributed by atoms with E-state index in [1.807, 2.05) is 24.5 Å². The summed E-state index contributed by atoms with van der Waals surface area (Å²) < 4.78 is 12.9. The Kier molecular flexibility index (Phi) is 4.07. The summed E-state index contributed by atoms with van der Waals surface area (Å²) in [6.45, 7) is 3.20. The van der Waals surface area contributed by atoms with E-state index in [4.69, 9.17) is 0 Å². The molecule has 3 rings (SSSR count). The maximum Gasteiger partial charge on any atom is 0.123 e. The van der Waals surface area contributed by atoms with Crippen molar-refractivity contribution < 1.29 is 4.39 Å². The summed E-state index contributed by atoms with van der Waals surface area (Å²) in [5.41, 5.74) is 2.59. The van der Waals surface area contributed by atoms with Gasteiger partial charge in [0.15, 0.2) is 0 Å². The third kappa shape index (κ3) is 3.23. The molecule has 0 amide bonds. The van der Waals surface area contributed by atoms with E-state index in [9.17, 15) is 4.39 Å². The Bertz CT molecular complexity index is 531. The fraction of sp³-hybridized carbons (Fsp3) is 0.353. The molecule has 0 atom stereocenters. The zero-order valence-electron chi connectivity index (χ0n) is 11.5. The first kappa shape index (κ1) is 13.3. The minimum Gasteiger partial charge on any atom is -0.299 e. The van der Waals surface area contributed by atoms with Gasteiger partial charge in [-0.25, -0.2) is 4.39 Å². The van der Waals surface area contributed by atoms with Crippen molar-refractivity contribution in [2.75, 3.05) is 13.1 Å². The number of hydrogen-bond donors (Lipinski definition) is 0. The lowest BCUT2D eigenvalue weighted by Gasteiger charge is -2.32. The van der Waals surface area contributed by atoms with Crippen LogP contribution in [0.3, 0.4) is 0 Å². The molecule has 2 heterocycles. The molecule has 2 nitrogen and oxygen atoms in total. The molecular weight excluding hydrogens is 251 g/mol. The number of likely N-dealkylation sites (tertiary alicyclic amines) is 1. The lowest BCUT2D eigenvalue weighted by molar-refractivity contribution is 0.204. The summed E-state index contributed by atoms with van der Waals surface area (Å²) in [6.07, 6.45) is 5.99. The molecule has 0 bridgehead atoms. The van der Waals surface area contributed by atoms with Crippen LogP contribution in [0, 0.1) is 5.82 Å². The molecule has 1 aliphatic heterocycles. The van der Waals surface area contributed by atoms with Gasteiger partial charge in [-0.1, -0.05) is 12.1 Å². The maximum absolute atomic E-state index is 12.9. The minimum atomic E-state index is -0.149. The van der Waals surface area contributed by atoms with Gasteiger partial charge in [-0.05, 0) is 67.2 Å². The van der Waals surface area contributed by atoms with Gasteiger partial charge in [0.25, 0.3) is 0 Å². The molecule has 1 aromatic heterocycles. The third-order valence-electron chi connectivity index (χ3n) is 4.08. The van der Waals surface area contributed by atoms with Crippen LogP contribution in [-0.2, 0) is 6.54 Å². The molecule has 1 saturated heterocycles. The van der Waals surface area contributed by atoms with Crippen molar-refractivity contribution in [1.82, 2.24) is 9.88 Å². The van der Waals surface area contributed by atoms with Gasteiger partial charge in [-0.3, -0.25) is 9.88 Å². The highest BCUT2D eigenvalue weighted by Crippen LogP contribution is 2.28. The van der Waals surface area contributed by atoms with Crippen molar-refractivity contribution in [3.63, 3.8) is 0 Å². The lowest BCUT2D eigenvalue weighted by Crippen LogP contribution is -2.32. The monoisotopic (exact) mass is 270 g/mol. The Labute approximate surface area is 119 Å². The Morgan fingerprint density at radius 2 is 1.65 bits per heavy atom. The molecule has 0 N–H and O–H groups in total. The number of pyridine rings is 1. The van der Waals surface area contributed by atoms with E-state index < -0.39 is 0 Å². The van der Waals surface area contributed by atoms with Crippen LogP contribution in [0.1, 0.15) is 29.9 Å². The van der Waals surface area contributed by atoms with Crippen LogP contribution in [0.15, 0.2) is 48.8 Å². The average molecular weight is 270 g/mol. The van der Waals surface area contributed by atoms with E-state index in [1.54, 1.807) is 12.1 Å². The second-order valence-electron chi connectivity index (χ2n) is 5.46. The van der Waals surface area contributed by atoms with Gasteiger partial charge in [-0.15, -0.1) is 0 Å². The second kappa shape index (κ2) is 6.14. The van der Waals surface area contributed by atoms with E-state index in [1.165, 1.54) is 11.1 Å². The standard InChI is InChI=1S/C17H19FN2/c18-17-3-1-15(2-4-17)16-7-11-20(12-8-16)13-14-5-9-19-10-6-14/h1-6,9-10,16H,7-8,11-13H2. The zero-order chi connectivity index (χ0) is 13.8. The van der Waals surface area contributed by atoms with E-state index in [2.05, 4.69) is 22.0 Å². The summed E-state index contributed by atoms with van der Waals surface area (Å²) in [7, 11) is 0. The Morgan fingerprint density at radius 1 is 1.00 bits per heavy atom. The van der Waals surface area contributed by atoms with Gasteiger partial charge in [-0.2, -0.15) is 0 Å². The number of hydrogen-bond acceptors (Lipinski definition) is 2. The van der Waals surface area contributed by atoms with Crippen LogP contribution in [0.2, 0.25) is 0 Å². The largest absolute Gasteiger partial charge is 0.299 e. The third-order valence-corrected chi connectivity index (χ3v) is 4.08. The SMILES string of the molecule is Fc1ccc(C2CCN(Cc3ccncc3)CC2)cc1. The Morgan fingerprint density at radius 3 is 2.30 bits per heavy atom. The quantitative estimate of drug-likeness (QED) is 0.847. The average Bonchev–Trinajstić information content (AvgIpc) is 2.50. The summed E-state index contributed by atoms with van der Waals surface area (Å²) in [5, 5.41) is 0. The summed E-state index contributed by atoms with van der Waals surface area (Å²) >= 11 is 0. The summed E-state index contributed by atoms with van der Waals surface area (Å²) in [4.78, 5) is 6.53. The van der Waals surface area contributed by atoms with Crippen molar-refractivity contribution in [1.29, 1.82) is 0 Å². The van der Waals surface area contributed by atoms with Crippen LogP contribution in [0.4, 0.5) is 4.39 Å². The summed E-state index contributed by atoms with van der Waals surface area (Å²) in [5.74, 6) is 0.424. The molecule has 0 unspecified atom stereocenters. The van der Waals surface area contributed by atoms with Gasteiger partial charge >= 0.3 is 0 Å². The van der Waals surface area contributed by atoms with E-state index in [0.29, 0.717) is 5.92 Å². The number of nitrogens with zero attached hydrogens (tertiary/aromatic N) is 2. The maximum atomic E-state index is 12.9. The van der Waals surface area contributed by atoms with Crippen LogP contribution in [0.5, 0.6) is 0 Å². The molecule has 20 heavy (non-hydrogen) atoms. The molecular formula is C17H19FN2. The van der Waals surface area contributed by atoms with Crippen molar-refractivity contribution >= 4 is 0 Å². The second-order valence-corrected chi connectivity index (χ2v) is 5.46. The van der Waals surface area contributed by atoms with Crippen LogP contribution >= 0.6 is 0 Å². The van der Waals surface area contributed by atoms with E-state index in [-0.39, 0.29) is 5.82 Å². The molecule has 0 aliphatic carbocycles. The predicted octanol–water partition coefficient (Wildman–Crippen LogP) is 3.60. The van der Waals surface area contributed by atoms with E-state index in [0.717, 1.165) is 32.5 Å². The van der Waals surface area contributed by atoms with Crippen molar-refractivity contribution in [2.24, 2.45) is 0 Å².